The monoisotopic (exact) mass is 705 g/mol. The Labute approximate surface area is 319 Å². The van der Waals surface area contributed by atoms with Crippen molar-refractivity contribution in [2.75, 3.05) is 4.90 Å². The molecule has 54 heavy (non-hydrogen) atoms. The van der Waals surface area contributed by atoms with Crippen molar-refractivity contribution in [3.05, 3.63) is 212 Å². The van der Waals surface area contributed by atoms with Gasteiger partial charge in [0.2, 0.25) is 0 Å². The molecule has 0 aliphatic heterocycles. The SMILES string of the molecule is c1ccc(-c2ccc(N(c3cccc(-c4ccc(-c5ccc6ccccc6c5)cc4)c3)c3ccccc3-c3cccc4sc5ccccc5c34)cc2)cc1. The first kappa shape index (κ1) is 32.0. The summed E-state index contributed by atoms with van der Waals surface area (Å²) >= 11 is 1.86. The van der Waals surface area contributed by atoms with Gasteiger partial charge in [-0.25, -0.2) is 0 Å². The molecule has 0 bridgehead atoms. The van der Waals surface area contributed by atoms with Crippen LogP contribution < -0.4 is 4.90 Å². The van der Waals surface area contributed by atoms with Crippen LogP contribution in [0.1, 0.15) is 0 Å². The Hall–Kier alpha value is -6.74. The molecule has 0 aliphatic rings. The molecule has 1 nitrogen and oxygen atoms in total. The third-order valence-electron chi connectivity index (χ3n) is 10.5. The number of rotatable bonds is 7. The molecule has 254 valence electrons. The second kappa shape index (κ2) is 13.7. The summed E-state index contributed by atoms with van der Waals surface area (Å²) in [5.74, 6) is 0. The Morgan fingerprint density at radius 2 is 0.870 bits per heavy atom. The number of fused-ring (bicyclic) bond motifs is 4. The summed E-state index contributed by atoms with van der Waals surface area (Å²) in [5, 5.41) is 5.13. The Kier molecular flexibility index (Phi) is 8.09. The number of hydrogen-bond donors (Lipinski definition) is 0. The van der Waals surface area contributed by atoms with Crippen molar-refractivity contribution in [2.45, 2.75) is 0 Å². The molecule has 1 heterocycles. The molecule has 0 radical (unpaired) electrons. The highest BCUT2D eigenvalue weighted by atomic mass is 32.1. The smallest absolute Gasteiger partial charge is 0.0540 e. The largest absolute Gasteiger partial charge is 0.310 e. The van der Waals surface area contributed by atoms with Crippen LogP contribution in [0.15, 0.2) is 212 Å². The lowest BCUT2D eigenvalue weighted by Gasteiger charge is -2.28. The van der Waals surface area contributed by atoms with Gasteiger partial charge in [-0.1, -0.05) is 164 Å². The van der Waals surface area contributed by atoms with Crippen LogP contribution in [0.3, 0.4) is 0 Å². The second-order valence-corrected chi connectivity index (χ2v) is 14.8. The van der Waals surface area contributed by atoms with Crippen LogP contribution in [0, 0.1) is 0 Å². The summed E-state index contributed by atoms with van der Waals surface area (Å²) in [6.07, 6.45) is 0. The molecule has 0 fully saturated rings. The van der Waals surface area contributed by atoms with E-state index in [4.69, 9.17) is 0 Å². The molecule has 9 aromatic carbocycles. The van der Waals surface area contributed by atoms with Gasteiger partial charge in [-0.05, 0) is 98.2 Å². The fourth-order valence-corrected chi connectivity index (χ4v) is 8.94. The molecule has 0 spiro atoms. The third kappa shape index (κ3) is 5.84. The first-order valence-corrected chi connectivity index (χ1v) is 19.2. The van der Waals surface area contributed by atoms with E-state index in [1.54, 1.807) is 0 Å². The summed E-state index contributed by atoms with van der Waals surface area (Å²) in [7, 11) is 0. The lowest BCUT2D eigenvalue weighted by Crippen LogP contribution is -2.11. The van der Waals surface area contributed by atoms with Crippen molar-refractivity contribution < 1.29 is 0 Å². The van der Waals surface area contributed by atoms with Crippen molar-refractivity contribution in [3.8, 4) is 44.5 Å². The molecule has 0 amide bonds. The standard InChI is InChI=1S/C52H35NS/c1-2-12-36(13-3-1)38-30-32-44(33-31-38)53(49-21-8-6-18-46(49)47-20-11-23-51-52(47)48-19-7-9-22-50(48)54-51)45-17-10-16-42(35-45)39-24-26-40(27-25-39)43-29-28-37-14-4-5-15-41(37)34-43/h1-35H. The summed E-state index contributed by atoms with van der Waals surface area (Å²) in [6, 6.07) is 77.2. The summed E-state index contributed by atoms with van der Waals surface area (Å²) in [5.41, 5.74) is 13.0. The van der Waals surface area contributed by atoms with Crippen molar-refractivity contribution in [1.82, 2.24) is 0 Å². The van der Waals surface area contributed by atoms with Gasteiger partial charge >= 0.3 is 0 Å². The summed E-state index contributed by atoms with van der Waals surface area (Å²) in [6.45, 7) is 0. The first-order chi connectivity index (χ1) is 26.8. The van der Waals surface area contributed by atoms with Crippen molar-refractivity contribution in [1.29, 1.82) is 0 Å². The van der Waals surface area contributed by atoms with Crippen LogP contribution in [0.2, 0.25) is 0 Å². The minimum atomic E-state index is 1.10. The average Bonchev–Trinajstić information content (AvgIpc) is 3.64. The topological polar surface area (TPSA) is 3.24 Å². The van der Waals surface area contributed by atoms with Crippen LogP contribution in [0.5, 0.6) is 0 Å². The van der Waals surface area contributed by atoms with E-state index in [9.17, 15) is 0 Å². The van der Waals surface area contributed by atoms with Gasteiger partial charge in [-0.2, -0.15) is 0 Å². The molecule has 10 aromatic rings. The van der Waals surface area contributed by atoms with Crippen LogP contribution >= 0.6 is 11.3 Å². The normalized spacial score (nSPS) is 11.3. The van der Waals surface area contributed by atoms with Crippen molar-refractivity contribution >= 4 is 59.3 Å². The molecule has 0 saturated carbocycles. The van der Waals surface area contributed by atoms with E-state index in [1.807, 2.05) is 11.3 Å². The maximum absolute atomic E-state index is 2.42. The van der Waals surface area contributed by atoms with Gasteiger partial charge in [0, 0.05) is 37.1 Å². The quantitative estimate of drug-likeness (QED) is 0.160. The van der Waals surface area contributed by atoms with Gasteiger partial charge < -0.3 is 4.90 Å². The molecule has 0 saturated heterocycles. The number of anilines is 3. The minimum Gasteiger partial charge on any atom is -0.310 e. The van der Waals surface area contributed by atoms with Crippen LogP contribution in [0.25, 0.3) is 75.5 Å². The predicted molar refractivity (Wildman–Crippen MR) is 233 cm³/mol. The van der Waals surface area contributed by atoms with E-state index in [2.05, 4.69) is 217 Å². The van der Waals surface area contributed by atoms with E-state index < -0.39 is 0 Å². The lowest BCUT2D eigenvalue weighted by molar-refractivity contribution is 1.28. The number of benzene rings is 9. The van der Waals surface area contributed by atoms with Gasteiger partial charge in [0.05, 0.1) is 5.69 Å². The Morgan fingerprint density at radius 1 is 0.315 bits per heavy atom. The molecule has 2 heteroatoms. The van der Waals surface area contributed by atoms with Crippen LogP contribution in [0.4, 0.5) is 17.1 Å². The Morgan fingerprint density at radius 3 is 1.70 bits per heavy atom. The molecular formula is C52H35NS. The number of nitrogens with zero attached hydrogens (tertiary/aromatic N) is 1. The molecule has 0 N–H and O–H groups in total. The van der Waals surface area contributed by atoms with E-state index in [-0.39, 0.29) is 0 Å². The van der Waals surface area contributed by atoms with Gasteiger partial charge in [-0.3, -0.25) is 0 Å². The number of thiophene rings is 1. The summed E-state index contributed by atoms with van der Waals surface area (Å²) in [4.78, 5) is 2.42. The van der Waals surface area contributed by atoms with Crippen LogP contribution in [-0.2, 0) is 0 Å². The molecular weight excluding hydrogens is 671 g/mol. The molecule has 0 aliphatic carbocycles. The number of hydrogen-bond acceptors (Lipinski definition) is 2. The summed E-state index contributed by atoms with van der Waals surface area (Å²) < 4.78 is 2.61. The molecule has 0 unspecified atom stereocenters. The highest BCUT2D eigenvalue weighted by Gasteiger charge is 2.20. The molecule has 10 rings (SSSR count). The fraction of sp³-hybridized carbons (Fsp3) is 0. The first-order valence-electron chi connectivity index (χ1n) is 18.4. The third-order valence-corrected chi connectivity index (χ3v) is 11.6. The molecule has 1 aromatic heterocycles. The van der Waals surface area contributed by atoms with E-state index in [0.29, 0.717) is 0 Å². The van der Waals surface area contributed by atoms with E-state index in [1.165, 1.54) is 75.5 Å². The Balaban J connectivity index is 1.10. The minimum absolute atomic E-state index is 1.10. The van der Waals surface area contributed by atoms with E-state index >= 15 is 0 Å². The predicted octanol–water partition coefficient (Wildman–Crippen LogP) is 15.3. The lowest BCUT2D eigenvalue weighted by atomic mass is 9.96. The van der Waals surface area contributed by atoms with Crippen molar-refractivity contribution in [3.63, 3.8) is 0 Å². The maximum Gasteiger partial charge on any atom is 0.0540 e. The zero-order valence-electron chi connectivity index (χ0n) is 29.6. The van der Waals surface area contributed by atoms with Gasteiger partial charge in [0.25, 0.3) is 0 Å². The Bertz CT molecular complexity index is 2920. The zero-order chi connectivity index (χ0) is 35.8. The maximum atomic E-state index is 2.42. The number of para-hydroxylation sites is 1. The molecule has 0 atom stereocenters. The van der Waals surface area contributed by atoms with E-state index in [0.717, 1.165) is 17.1 Å². The van der Waals surface area contributed by atoms with Crippen molar-refractivity contribution in [2.24, 2.45) is 0 Å². The van der Waals surface area contributed by atoms with Crippen LogP contribution in [-0.4, -0.2) is 0 Å². The van der Waals surface area contributed by atoms with Gasteiger partial charge in [0.1, 0.15) is 0 Å². The fourth-order valence-electron chi connectivity index (χ4n) is 7.80. The highest BCUT2D eigenvalue weighted by molar-refractivity contribution is 7.25. The zero-order valence-corrected chi connectivity index (χ0v) is 30.4. The highest BCUT2D eigenvalue weighted by Crippen LogP contribution is 2.46. The second-order valence-electron chi connectivity index (χ2n) is 13.7. The van der Waals surface area contributed by atoms with Gasteiger partial charge in [0.15, 0.2) is 0 Å². The van der Waals surface area contributed by atoms with Gasteiger partial charge in [-0.15, -0.1) is 11.3 Å². The average molecular weight is 706 g/mol.